The van der Waals surface area contributed by atoms with Crippen LogP contribution >= 0.6 is 23.2 Å². The molecule has 0 spiro atoms. The molecular formula is C13H18Cl2FN. The maximum absolute atomic E-state index is 13.4. The average molecular weight is 278 g/mol. The van der Waals surface area contributed by atoms with E-state index in [4.69, 9.17) is 23.2 Å². The number of hydrogen-bond acceptors (Lipinski definition) is 1. The molecule has 0 aliphatic heterocycles. The fraction of sp³-hybridized carbons (Fsp3) is 0.538. The van der Waals surface area contributed by atoms with E-state index in [9.17, 15) is 4.39 Å². The van der Waals surface area contributed by atoms with Crippen LogP contribution in [0.2, 0.25) is 10.0 Å². The second-order valence-corrected chi connectivity index (χ2v) is 5.56. The van der Waals surface area contributed by atoms with Gasteiger partial charge in [-0.25, -0.2) is 4.39 Å². The Bertz CT molecular complexity index is 380. The lowest BCUT2D eigenvalue weighted by Crippen LogP contribution is -2.24. The van der Waals surface area contributed by atoms with Crippen LogP contribution in [-0.4, -0.2) is 13.1 Å². The lowest BCUT2D eigenvalue weighted by atomic mass is 10.0. The standard InChI is InChI=1S/C13H18Cl2FN/c1-8(2)6-17-7-9(3)10-4-13(16)12(15)5-11(10)14/h4-5,8-9,17H,6-7H2,1-3H3. The highest BCUT2D eigenvalue weighted by Gasteiger charge is 2.13. The van der Waals surface area contributed by atoms with Gasteiger partial charge < -0.3 is 5.32 Å². The van der Waals surface area contributed by atoms with Crippen molar-refractivity contribution in [1.82, 2.24) is 5.32 Å². The summed E-state index contributed by atoms with van der Waals surface area (Å²) in [5.74, 6) is 0.342. The molecule has 96 valence electrons. The maximum Gasteiger partial charge on any atom is 0.142 e. The third-order valence-electron chi connectivity index (χ3n) is 2.57. The Kier molecular flexibility index (Phi) is 5.71. The van der Waals surface area contributed by atoms with E-state index in [2.05, 4.69) is 19.2 Å². The van der Waals surface area contributed by atoms with Crippen molar-refractivity contribution >= 4 is 23.2 Å². The zero-order valence-electron chi connectivity index (χ0n) is 10.4. The number of rotatable bonds is 5. The van der Waals surface area contributed by atoms with Crippen molar-refractivity contribution in [3.63, 3.8) is 0 Å². The highest BCUT2D eigenvalue weighted by Crippen LogP contribution is 2.29. The van der Waals surface area contributed by atoms with Crippen molar-refractivity contribution in [3.05, 3.63) is 33.6 Å². The molecule has 0 aliphatic rings. The smallest absolute Gasteiger partial charge is 0.142 e. The van der Waals surface area contributed by atoms with E-state index in [1.807, 2.05) is 6.92 Å². The van der Waals surface area contributed by atoms with E-state index in [1.165, 1.54) is 12.1 Å². The Morgan fingerprint density at radius 1 is 1.12 bits per heavy atom. The highest BCUT2D eigenvalue weighted by molar-refractivity contribution is 6.35. The van der Waals surface area contributed by atoms with Crippen LogP contribution in [-0.2, 0) is 0 Å². The molecule has 1 nitrogen and oxygen atoms in total. The number of nitrogens with one attached hydrogen (secondary N) is 1. The van der Waals surface area contributed by atoms with Gasteiger partial charge in [0.2, 0.25) is 0 Å². The normalized spacial score (nSPS) is 13.1. The molecule has 0 heterocycles. The van der Waals surface area contributed by atoms with E-state index in [-0.39, 0.29) is 10.9 Å². The fourth-order valence-corrected chi connectivity index (χ4v) is 2.18. The van der Waals surface area contributed by atoms with Gasteiger partial charge in [0.25, 0.3) is 0 Å². The number of hydrogen-bond donors (Lipinski definition) is 1. The molecule has 0 amide bonds. The summed E-state index contributed by atoms with van der Waals surface area (Å²) in [6.07, 6.45) is 0. The summed E-state index contributed by atoms with van der Waals surface area (Å²) in [7, 11) is 0. The van der Waals surface area contributed by atoms with Crippen molar-refractivity contribution in [3.8, 4) is 0 Å². The maximum atomic E-state index is 13.4. The molecule has 1 N–H and O–H groups in total. The first-order valence-electron chi connectivity index (χ1n) is 5.77. The molecule has 17 heavy (non-hydrogen) atoms. The van der Waals surface area contributed by atoms with Gasteiger partial charge >= 0.3 is 0 Å². The van der Waals surface area contributed by atoms with E-state index in [1.54, 1.807) is 0 Å². The first kappa shape index (κ1) is 14.7. The SMILES string of the molecule is CC(C)CNCC(C)c1cc(F)c(Cl)cc1Cl. The Labute approximate surface area is 112 Å². The van der Waals surface area contributed by atoms with E-state index in [0.717, 1.165) is 18.7 Å². The van der Waals surface area contributed by atoms with Crippen molar-refractivity contribution in [2.75, 3.05) is 13.1 Å². The average Bonchev–Trinajstić information content (AvgIpc) is 2.22. The number of benzene rings is 1. The Balaban J connectivity index is 2.68. The van der Waals surface area contributed by atoms with E-state index in [0.29, 0.717) is 10.9 Å². The van der Waals surface area contributed by atoms with Gasteiger partial charge in [-0.3, -0.25) is 0 Å². The zero-order chi connectivity index (χ0) is 13.0. The Morgan fingerprint density at radius 3 is 2.35 bits per heavy atom. The summed E-state index contributed by atoms with van der Waals surface area (Å²) >= 11 is 11.7. The molecule has 1 atom stereocenters. The minimum atomic E-state index is -0.415. The van der Waals surface area contributed by atoms with Crippen LogP contribution in [0.5, 0.6) is 0 Å². The Morgan fingerprint density at radius 2 is 1.76 bits per heavy atom. The van der Waals surface area contributed by atoms with E-state index >= 15 is 0 Å². The fourth-order valence-electron chi connectivity index (χ4n) is 1.61. The van der Waals surface area contributed by atoms with Gasteiger partial charge in [-0.05, 0) is 36.1 Å². The Hall–Kier alpha value is -0.310. The lowest BCUT2D eigenvalue weighted by Gasteiger charge is -2.16. The highest BCUT2D eigenvalue weighted by atomic mass is 35.5. The molecular weight excluding hydrogens is 260 g/mol. The van der Waals surface area contributed by atoms with Gasteiger partial charge in [0.15, 0.2) is 0 Å². The quantitative estimate of drug-likeness (QED) is 0.783. The summed E-state index contributed by atoms with van der Waals surface area (Å²) in [6.45, 7) is 8.03. The molecule has 1 aromatic rings. The molecule has 0 saturated carbocycles. The van der Waals surface area contributed by atoms with Crippen molar-refractivity contribution < 1.29 is 4.39 Å². The van der Waals surface area contributed by atoms with Gasteiger partial charge in [-0.2, -0.15) is 0 Å². The topological polar surface area (TPSA) is 12.0 Å². The summed E-state index contributed by atoms with van der Waals surface area (Å²) in [5.41, 5.74) is 0.796. The van der Waals surface area contributed by atoms with Crippen LogP contribution in [0.25, 0.3) is 0 Å². The number of halogens is 3. The van der Waals surface area contributed by atoms with Gasteiger partial charge in [-0.1, -0.05) is 44.0 Å². The van der Waals surface area contributed by atoms with Gasteiger partial charge in [-0.15, -0.1) is 0 Å². The molecule has 4 heteroatoms. The van der Waals surface area contributed by atoms with Crippen LogP contribution in [0.1, 0.15) is 32.3 Å². The second-order valence-electron chi connectivity index (χ2n) is 4.74. The van der Waals surface area contributed by atoms with Crippen LogP contribution in [0.4, 0.5) is 4.39 Å². The molecule has 0 radical (unpaired) electrons. The predicted octanol–water partition coefficient (Wildman–Crippen LogP) is 4.48. The summed E-state index contributed by atoms with van der Waals surface area (Å²) in [5, 5.41) is 3.92. The van der Waals surface area contributed by atoms with Crippen LogP contribution in [0.3, 0.4) is 0 Å². The molecule has 0 bridgehead atoms. The molecule has 1 rings (SSSR count). The second kappa shape index (κ2) is 6.58. The monoisotopic (exact) mass is 277 g/mol. The molecule has 0 aliphatic carbocycles. The lowest BCUT2D eigenvalue weighted by molar-refractivity contribution is 0.527. The third-order valence-corrected chi connectivity index (χ3v) is 3.19. The third kappa shape index (κ3) is 4.46. The van der Waals surface area contributed by atoms with Crippen molar-refractivity contribution in [1.29, 1.82) is 0 Å². The van der Waals surface area contributed by atoms with Crippen LogP contribution < -0.4 is 5.32 Å². The molecule has 1 aromatic carbocycles. The van der Waals surface area contributed by atoms with Gasteiger partial charge in [0.05, 0.1) is 5.02 Å². The van der Waals surface area contributed by atoms with Crippen LogP contribution in [0, 0.1) is 11.7 Å². The summed E-state index contributed by atoms with van der Waals surface area (Å²) in [4.78, 5) is 0. The van der Waals surface area contributed by atoms with Crippen LogP contribution in [0.15, 0.2) is 12.1 Å². The largest absolute Gasteiger partial charge is 0.316 e. The predicted molar refractivity (Wildman–Crippen MR) is 72.5 cm³/mol. The molecule has 0 saturated heterocycles. The first-order chi connectivity index (χ1) is 7.91. The minimum absolute atomic E-state index is 0.0705. The van der Waals surface area contributed by atoms with Crippen molar-refractivity contribution in [2.45, 2.75) is 26.7 Å². The molecule has 0 fully saturated rings. The molecule has 1 unspecified atom stereocenters. The minimum Gasteiger partial charge on any atom is -0.316 e. The molecule has 0 aromatic heterocycles. The van der Waals surface area contributed by atoms with Gasteiger partial charge in [0, 0.05) is 11.6 Å². The first-order valence-corrected chi connectivity index (χ1v) is 6.52. The van der Waals surface area contributed by atoms with Crippen molar-refractivity contribution in [2.24, 2.45) is 5.92 Å². The van der Waals surface area contributed by atoms with Gasteiger partial charge in [0.1, 0.15) is 5.82 Å². The summed E-state index contributed by atoms with van der Waals surface area (Å²) < 4.78 is 13.4. The summed E-state index contributed by atoms with van der Waals surface area (Å²) in [6, 6.07) is 2.89. The zero-order valence-corrected chi connectivity index (χ0v) is 11.9. The van der Waals surface area contributed by atoms with E-state index < -0.39 is 5.82 Å².